The molecule has 0 aliphatic heterocycles. The van der Waals surface area contributed by atoms with Crippen molar-refractivity contribution in [3.05, 3.63) is 42.1 Å². The van der Waals surface area contributed by atoms with Gasteiger partial charge in [0.15, 0.2) is 0 Å². The van der Waals surface area contributed by atoms with E-state index in [1.54, 1.807) is 43.6 Å². The van der Waals surface area contributed by atoms with Crippen molar-refractivity contribution in [2.75, 3.05) is 17.3 Å². The fraction of sp³-hybridized carbons (Fsp3) is 0.154. The minimum Gasteiger partial charge on any atom is -0.315 e. The van der Waals surface area contributed by atoms with Gasteiger partial charge in [0.05, 0.1) is 17.4 Å². The molecule has 98 valence electrons. The van der Waals surface area contributed by atoms with Crippen LogP contribution in [0.3, 0.4) is 0 Å². The van der Waals surface area contributed by atoms with Gasteiger partial charge in [-0.25, -0.2) is 0 Å². The Hall–Kier alpha value is -2.63. The summed E-state index contributed by atoms with van der Waals surface area (Å²) in [6.07, 6.45) is 1.54. The molecule has 0 fully saturated rings. The van der Waals surface area contributed by atoms with E-state index in [-0.39, 0.29) is 11.8 Å². The second kappa shape index (κ2) is 5.34. The first-order valence-electron chi connectivity index (χ1n) is 5.73. The van der Waals surface area contributed by atoms with Crippen LogP contribution < -0.4 is 10.2 Å². The van der Waals surface area contributed by atoms with Crippen LogP contribution in [0.4, 0.5) is 11.5 Å². The van der Waals surface area contributed by atoms with Gasteiger partial charge in [0.25, 0.3) is 5.91 Å². The zero-order chi connectivity index (χ0) is 13.8. The molecule has 0 aliphatic rings. The minimum atomic E-state index is -0.298. The molecule has 1 aromatic carbocycles. The van der Waals surface area contributed by atoms with E-state index in [2.05, 4.69) is 15.5 Å². The van der Waals surface area contributed by atoms with Crippen molar-refractivity contribution < 1.29 is 9.59 Å². The van der Waals surface area contributed by atoms with Crippen LogP contribution in [-0.4, -0.2) is 29.1 Å². The lowest BCUT2D eigenvalue weighted by Gasteiger charge is -2.18. The van der Waals surface area contributed by atoms with Gasteiger partial charge in [-0.3, -0.25) is 14.7 Å². The molecule has 2 amide bonds. The molecule has 0 aliphatic carbocycles. The Morgan fingerprint density at radius 2 is 2.00 bits per heavy atom. The number of amides is 2. The maximum absolute atomic E-state index is 12.2. The first-order valence-corrected chi connectivity index (χ1v) is 5.73. The van der Waals surface area contributed by atoms with Crippen LogP contribution in [0.25, 0.3) is 0 Å². The number of nitrogens with zero attached hydrogens (tertiary/aromatic N) is 2. The van der Waals surface area contributed by atoms with Crippen LogP contribution in [0.2, 0.25) is 0 Å². The summed E-state index contributed by atoms with van der Waals surface area (Å²) in [6, 6.07) is 8.57. The number of para-hydroxylation sites is 1. The summed E-state index contributed by atoms with van der Waals surface area (Å²) in [4.78, 5) is 25.0. The van der Waals surface area contributed by atoms with E-state index in [9.17, 15) is 9.59 Å². The molecule has 0 saturated heterocycles. The normalized spacial score (nSPS) is 10.0. The van der Waals surface area contributed by atoms with Crippen LogP contribution in [0.15, 0.2) is 36.5 Å². The summed E-state index contributed by atoms with van der Waals surface area (Å²) in [5, 5.41) is 9.07. The standard InChI is InChI=1S/C13H14N4O2/c1-9(18)17(2)11-6-4-3-5-10(11)13(19)15-12-7-8-14-16-12/h3-8H,1-2H3,(H2,14,15,16,19). The molecule has 1 heterocycles. The van der Waals surface area contributed by atoms with Crippen molar-refractivity contribution in [1.29, 1.82) is 0 Å². The molecule has 0 bridgehead atoms. The quantitative estimate of drug-likeness (QED) is 0.878. The molecule has 0 atom stereocenters. The summed E-state index contributed by atoms with van der Waals surface area (Å²) >= 11 is 0. The fourth-order valence-corrected chi connectivity index (χ4v) is 1.64. The number of anilines is 2. The van der Waals surface area contributed by atoms with E-state index in [4.69, 9.17) is 0 Å². The first kappa shape index (κ1) is 12.8. The van der Waals surface area contributed by atoms with Gasteiger partial charge < -0.3 is 10.2 Å². The summed E-state index contributed by atoms with van der Waals surface area (Å²) in [6.45, 7) is 1.45. The molecule has 0 spiro atoms. The van der Waals surface area contributed by atoms with E-state index in [0.29, 0.717) is 17.1 Å². The molecule has 1 aromatic heterocycles. The average Bonchev–Trinajstić information content (AvgIpc) is 2.90. The maximum atomic E-state index is 12.2. The number of hydrogen-bond acceptors (Lipinski definition) is 3. The number of aromatic nitrogens is 2. The van der Waals surface area contributed by atoms with Crippen molar-refractivity contribution in [3.8, 4) is 0 Å². The number of aromatic amines is 1. The molecular formula is C13H14N4O2. The number of nitrogens with one attached hydrogen (secondary N) is 2. The van der Waals surface area contributed by atoms with Gasteiger partial charge in [-0.15, -0.1) is 0 Å². The summed E-state index contributed by atoms with van der Waals surface area (Å²) in [5.74, 6) is 0.0695. The number of carbonyl (C=O) groups excluding carboxylic acids is 2. The number of carbonyl (C=O) groups is 2. The van der Waals surface area contributed by atoms with Crippen molar-refractivity contribution in [2.45, 2.75) is 6.92 Å². The highest BCUT2D eigenvalue weighted by Crippen LogP contribution is 2.20. The molecular weight excluding hydrogens is 244 g/mol. The van der Waals surface area contributed by atoms with Crippen LogP contribution in [0, 0.1) is 0 Å². The minimum absolute atomic E-state index is 0.137. The van der Waals surface area contributed by atoms with Gasteiger partial charge in [0.2, 0.25) is 5.91 Å². The van der Waals surface area contributed by atoms with Crippen LogP contribution in [-0.2, 0) is 4.79 Å². The van der Waals surface area contributed by atoms with Gasteiger partial charge in [-0.2, -0.15) is 5.10 Å². The van der Waals surface area contributed by atoms with Gasteiger partial charge in [0, 0.05) is 20.0 Å². The summed E-state index contributed by atoms with van der Waals surface area (Å²) < 4.78 is 0. The number of benzene rings is 1. The molecule has 0 radical (unpaired) electrons. The third kappa shape index (κ3) is 2.79. The van der Waals surface area contributed by atoms with Crippen molar-refractivity contribution >= 4 is 23.3 Å². The van der Waals surface area contributed by atoms with E-state index in [1.807, 2.05) is 0 Å². The van der Waals surface area contributed by atoms with E-state index in [1.165, 1.54) is 11.8 Å². The Morgan fingerprint density at radius 1 is 1.26 bits per heavy atom. The molecule has 0 unspecified atom stereocenters. The van der Waals surface area contributed by atoms with Crippen LogP contribution in [0.5, 0.6) is 0 Å². The molecule has 2 rings (SSSR count). The SMILES string of the molecule is CC(=O)N(C)c1ccccc1C(=O)Nc1ccn[nH]1. The highest BCUT2D eigenvalue weighted by Gasteiger charge is 2.16. The lowest BCUT2D eigenvalue weighted by atomic mass is 10.1. The van der Waals surface area contributed by atoms with Crippen LogP contribution in [0.1, 0.15) is 17.3 Å². The van der Waals surface area contributed by atoms with E-state index >= 15 is 0 Å². The second-order valence-electron chi connectivity index (χ2n) is 4.02. The molecule has 19 heavy (non-hydrogen) atoms. The largest absolute Gasteiger partial charge is 0.315 e. The third-order valence-corrected chi connectivity index (χ3v) is 2.73. The number of H-pyrrole nitrogens is 1. The van der Waals surface area contributed by atoms with Crippen molar-refractivity contribution in [3.63, 3.8) is 0 Å². The van der Waals surface area contributed by atoms with Crippen LogP contribution >= 0.6 is 0 Å². The third-order valence-electron chi connectivity index (χ3n) is 2.73. The topological polar surface area (TPSA) is 78.1 Å². The Kier molecular flexibility index (Phi) is 3.61. The molecule has 6 nitrogen and oxygen atoms in total. The molecule has 6 heteroatoms. The summed E-state index contributed by atoms with van der Waals surface area (Å²) in [5.41, 5.74) is 0.988. The lowest BCUT2D eigenvalue weighted by Crippen LogP contribution is -2.26. The molecule has 2 N–H and O–H groups in total. The number of hydrogen-bond donors (Lipinski definition) is 2. The number of rotatable bonds is 3. The molecule has 0 saturated carbocycles. The van der Waals surface area contributed by atoms with Gasteiger partial charge in [-0.05, 0) is 12.1 Å². The van der Waals surface area contributed by atoms with E-state index in [0.717, 1.165) is 0 Å². The Bertz CT molecular complexity index is 592. The van der Waals surface area contributed by atoms with Gasteiger partial charge >= 0.3 is 0 Å². The Morgan fingerprint density at radius 3 is 2.63 bits per heavy atom. The predicted octanol–water partition coefficient (Wildman–Crippen LogP) is 1.64. The average molecular weight is 258 g/mol. The zero-order valence-electron chi connectivity index (χ0n) is 10.7. The summed E-state index contributed by atoms with van der Waals surface area (Å²) in [7, 11) is 1.63. The lowest BCUT2D eigenvalue weighted by molar-refractivity contribution is -0.116. The molecule has 2 aromatic rings. The highest BCUT2D eigenvalue weighted by molar-refractivity contribution is 6.09. The second-order valence-corrected chi connectivity index (χ2v) is 4.02. The Balaban J connectivity index is 2.29. The smallest absolute Gasteiger partial charge is 0.258 e. The predicted molar refractivity (Wildman–Crippen MR) is 72.1 cm³/mol. The van der Waals surface area contributed by atoms with Crippen molar-refractivity contribution in [1.82, 2.24) is 10.2 Å². The zero-order valence-corrected chi connectivity index (χ0v) is 10.7. The maximum Gasteiger partial charge on any atom is 0.258 e. The Labute approximate surface area is 110 Å². The highest BCUT2D eigenvalue weighted by atomic mass is 16.2. The van der Waals surface area contributed by atoms with Gasteiger partial charge in [-0.1, -0.05) is 12.1 Å². The van der Waals surface area contributed by atoms with Crippen molar-refractivity contribution in [2.24, 2.45) is 0 Å². The van der Waals surface area contributed by atoms with E-state index < -0.39 is 0 Å². The first-order chi connectivity index (χ1) is 9.09. The monoisotopic (exact) mass is 258 g/mol. The fourth-order valence-electron chi connectivity index (χ4n) is 1.64. The van der Waals surface area contributed by atoms with Gasteiger partial charge in [0.1, 0.15) is 5.82 Å².